The molecule has 0 radical (unpaired) electrons. The van der Waals surface area contributed by atoms with Crippen molar-refractivity contribution < 1.29 is 14.1 Å². The van der Waals surface area contributed by atoms with E-state index >= 15 is 0 Å². The van der Waals surface area contributed by atoms with E-state index in [1.807, 2.05) is 74.5 Å². The summed E-state index contributed by atoms with van der Waals surface area (Å²) in [6, 6.07) is 23.1. The second-order valence-corrected chi connectivity index (χ2v) is 7.31. The number of carbonyl (C=O) groups is 1. The summed E-state index contributed by atoms with van der Waals surface area (Å²) < 4.78 is 11.0. The molecule has 0 saturated heterocycles. The van der Waals surface area contributed by atoms with Crippen LogP contribution in [0.5, 0.6) is 5.75 Å². The summed E-state index contributed by atoms with van der Waals surface area (Å²) in [7, 11) is 0. The van der Waals surface area contributed by atoms with Crippen molar-refractivity contribution in [3.63, 3.8) is 0 Å². The number of rotatable bonds is 7. The molecule has 156 valence electrons. The van der Waals surface area contributed by atoms with Crippen LogP contribution < -0.4 is 10.1 Å². The Morgan fingerprint density at radius 1 is 0.935 bits per heavy atom. The Morgan fingerprint density at radius 3 is 2.39 bits per heavy atom. The van der Waals surface area contributed by atoms with Crippen LogP contribution in [0.2, 0.25) is 0 Å². The predicted octanol–water partition coefficient (Wildman–Crippen LogP) is 4.72. The van der Waals surface area contributed by atoms with Crippen molar-refractivity contribution in [3.8, 4) is 28.6 Å². The van der Waals surface area contributed by atoms with E-state index in [1.54, 1.807) is 12.1 Å². The Bertz CT molecular complexity index is 1170. The molecule has 0 aliphatic heterocycles. The summed E-state index contributed by atoms with van der Waals surface area (Å²) in [6.45, 7) is 4.48. The first-order valence-corrected chi connectivity index (χ1v) is 10.0. The van der Waals surface area contributed by atoms with Crippen LogP contribution in [0.1, 0.15) is 16.7 Å². The minimum Gasteiger partial charge on any atom is -0.484 e. The molecular formula is C25H23N3O3. The van der Waals surface area contributed by atoms with Gasteiger partial charge in [0, 0.05) is 17.7 Å². The summed E-state index contributed by atoms with van der Waals surface area (Å²) in [6.07, 6.45) is 0. The molecule has 6 heteroatoms. The normalized spacial score (nSPS) is 10.6. The van der Waals surface area contributed by atoms with Gasteiger partial charge in [0.1, 0.15) is 5.75 Å². The maximum atomic E-state index is 12.1. The second kappa shape index (κ2) is 9.26. The van der Waals surface area contributed by atoms with Crippen LogP contribution in [0, 0.1) is 13.8 Å². The number of ether oxygens (including phenoxy) is 1. The van der Waals surface area contributed by atoms with Gasteiger partial charge in [-0.05, 0) is 49.2 Å². The lowest BCUT2D eigenvalue weighted by atomic mass is 10.1. The molecule has 0 bridgehead atoms. The Kier molecular flexibility index (Phi) is 6.08. The van der Waals surface area contributed by atoms with Crippen molar-refractivity contribution >= 4 is 5.91 Å². The third-order valence-electron chi connectivity index (χ3n) is 4.94. The largest absolute Gasteiger partial charge is 0.484 e. The van der Waals surface area contributed by atoms with Crippen molar-refractivity contribution in [2.45, 2.75) is 20.4 Å². The predicted molar refractivity (Wildman–Crippen MR) is 118 cm³/mol. The van der Waals surface area contributed by atoms with Gasteiger partial charge in [-0.3, -0.25) is 4.79 Å². The number of hydrogen-bond acceptors (Lipinski definition) is 5. The lowest BCUT2D eigenvalue weighted by molar-refractivity contribution is -0.123. The molecule has 0 unspecified atom stereocenters. The van der Waals surface area contributed by atoms with Crippen molar-refractivity contribution in [2.75, 3.05) is 6.61 Å². The second-order valence-electron chi connectivity index (χ2n) is 7.31. The van der Waals surface area contributed by atoms with E-state index in [1.165, 1.54) is 5.56 Å². The molecule has 0 spiro atoms. The Hall–Kier alpha value is -3.93. The maximum Gasteiger partial charge on any atom is 0.258 e. The molecule has 0 fully saturated rings. The van der Waals surface area contributed by atoms with Gasteiger partial charge >= 0.3 is 0 Å². The van der Waals surface area contributed by atoms with E-state index in [0.29, 0.717) is 24.0 Å². The van der Waals surface area contributed by atoms with E-state index in [-0.39, 0.29) is 12.5 Å². The molecule has 1 heterocycles. The van der Waals surface area contributed by atoms with Gasteiger partial charge in [0.2, 0.25) is 5.82 Å². The average molecular weight is 413 g/mol. The van der Waals surface area contributed by atoms with Gasteiger partial charge < -0.3 is 14.6 Å². The van der Waals surface area contributed by atoms with Crippen molar-refractivity contribution in [1.82, 2.24) is 15.5 Å². The van der Waals surface area contributed by atoms with Crippen LogP contribution in [-0.2, 0) is 11.3 Å². The molecule has 1 aromatic heterocycles. The topological polar surface area (TPSA) is 77.2 Å². The third-order valence-corrected chi connectivity index (χ3v) is 4.94. The van der Waals surface area contributed by atoms with Crippen LogP contribution in [0.3, 0.4) is 0 Å². The number of nitrogens with one attached hydrogen (secondary N) is 1. The molecule has 4 aromatic rings. The molecule has 0 saturated carbocycles. The van der Waals surface area contributed by atoms with E-state index < -0.39 is 0 Å². The first-order valence-electron chi connectivity index (χ1n) is 10.0. The third kappa shape index (κ3) is 5.17. The van der Waals surface area contributed by atoms with Crippen molar-refractivity contribution in [1.29, 1.82) is 0 Å². The fraction of sp³-hybridized carbons (Fsp3) is 0.160. The minimum absolute atomic E-state index is 0.0522. The number of hydrogen-bond donors (Lipinski definition) is 1. The molecule has 0 atom stereocenters. The van der Waals surface area contributed by atoms with E-state index in [4.69, 9.17) is 9.26 Å². The number of carbonyl (C=O) groups excluding carboxylic acids is 1. The summed E-state index contributed by atoms with van der Waals surface area (Å²) in [5, 5.41) is 6.93. The molecule has 3 aromatic carbocycles. The first kappa shape index (κ1) is 20.3. The standard InChI is InChI=1S/C25H23N3O3/c1-17-7-9-19(10-8-17)24-27-25(31-28-24)20-11-13-22(14-12-20)30-16-23(29)26-15-21-6-4-3-5-18(21)2/h3-14H,15-16H2,1-2H3,(H,26,29). The average Bonchev–Trinajstić information content (AvgIpc) is 3.28. The fourth-order valence-electron chi connectivity index (χ4n) is 3.06. The monoisotopic (exact) mass is 413 g/mol. The molecule has 4 rings (SSSR count). The van der Waals surface area contributed by atoms with Gasteiger partial charge in [0.05, 0.1) is 0 Å². The number of benzene rings is 3. The van der Waals surface area contributed by atoms with Crippen LogP contribution in [0.25, 0.3) is 22.8 Å². The first-order chi connectivity index (χ1) is 15.1. The highest BCUT2D eigenvalue weighted by molar-refractivity contribution is 5.77. The lowest BCUT2D eigenvalue weighted by Gasteiger charge is -2.09. The zero-order valence-corrected chi connectivity index (χ0v) is 17.5. The van der Waals surface area contributed by atoms with Crippen LogP contribution in [0.4, 0.5) is 0 Å². The van der Waals surface area contributed by atoms with Crippen LogP contribution in [-0.4, -0.2) is 22.7 Å². The molecule has 0 aliphatic rings. The highest BCUT2D eigenvalue weighted by atomic mass is 16.5. The van der Waals surface area contributed by atoms with E-state index in [2.05, 4.69) is 15.5 Å². The lowest BCUT2D eigenvalue weighted by Crippen LogP contribution is -2.28. The van der Waals surface area contributed by atoms with Gasteiger partial charge in [-0.1, -0.05) is 59.3 Å². The fourth-order valence-corrected chi connectivity index (χ4v) is 3.06. The number of aromatic nitrogens is 2. The Balaban J connectivity index is 1.32. The number of nitrogens with zero attached hydrogens (tertiary/aromatic N) is 2. The highest BCUT2D eigenvalue weighted by Gasteiger charge is 2.11. The van der Waals surface area contributed by atoms with Crippen molar-refractivity contribution in [2.24, 2.45) is 0 Å². The molecule has 0 aliphatic carbocycles. The summed E-state index contributed by atoms with van der Waals surface area (Å²) in [5.74, 6) is 1.39. The maximum absolute atomic E-state index is 12.1. The smallest absolute Gasteiger partial charge is 0.258 e. The quantitative estimate of drug-likeness (QED) is 0.475. The molecule has 31 heavy (non-hydrogen) atoms. The Labute approximate surface area is 180 Å². The summed E-state index contributed by atoms with van der Waals surface area (Å²) >= 11 is 0. The molecule has 6 nitrogen and oxygen atoms in total. The molecule has 1 N–H and O–H groups in total. The SMILES string of the molecule is Cc1ccc(-c2noc(-c3ccc(OCC(=O)NCc4ccccc4C)cc3)n2)cc1. The molecular weight excluding hydrogens is 390 g/mol. The van der Waals surface area contributed by atoms with Crippen LogP contribution >= 0.6 is 0 Å². The zero-order valence-electron chi connectivity index (χ0n) is 17.5. The minimum atomic E-state index is -0.174. The van der Waals surface area contributed by atoms with E-state index in [0.717, 1.165) is 22.3 Å². The Morgan fingerprint density at radius 2 is 1.65 bits per heavy atom. The van der Waals surface area contributed by atoms with Gasteiger partial charge in [-0.15, -0.1) is 0 Å². The van der Waals surface area contributed by atoms with Gasteiger partial charge in [0.25, 0.3) is 11.8 Å². The van der Waals surface area contributed by atoms with Crippen LogP contribution in [0.15, 0.2) is 77.3 Å². The van der Waals surface area contributed by atoms with Gasteiger partial charge in [-0.2, -0.15) is 4.98 Å². The summed E-state index contributed by atoms with van der Waals surface area (Å²) in [5.41, 5.74) is 5.09. The number of amides is 1. The summed E-state index contributed by atoms with van der Waals surface area (Å²) in [4.78, 5) is 16.5. The van der Waals surface area contributed by atoms with Gasteiger partial charge in [0.15, 0.2) is 6.61 Å². The van der Waals surface area contributed by atoms with Crippen molar-refractivity contribution in [3.05, 3.63) is 89.5 Å². The molecule has 1 amide bonds. The number of aryl methyl sites for hydroxylation is 2. The zero-order chi connectivity index (χ0) is 21.6. The highest BCUT2D eigenvalue weighted by Crippen LogP contribution is 2.24. The van der Waals surface area contributed by atoms with Gasteiger partial charge in [-0.25, -0.2) is 0 Å². The van der Waals surface area contributed by atoms with E-state index in [9.17, 15) is 4.79 Å².